The van der Waals surface area contributed by atoms with E-state index in [1.807, 2.05) is 0 Å². The number of hydrogen-bond acceptors (Lipinski definition) is 5. The number of ether oxygens (including phenoxy) is 1. The first-order chi connectivity index (χ1) is 11.3. The van der Waals surface area contributed by atoms with Crippen molar-refractivity contribution >= 4 is 17.9 Å². The molecule has 7 heteroatoms. The van der Waals surface area contributed by atoms with Crippen LogP contribution in [0.25, 0.3) is 0 Å². The predicted molar refractivity (Wildman–Crippen MR) is 84.9 cm³/mol. The maximum atomic E-state index is 12.2. The third-order valence-corrected chi connectivity index (χ3v) is 5.63. The van der Waals surface area contributed by atoms with Gasteiger partial charge in [-0.3, -0.25) is 14.9 Å². The lowest BCUT2D eigenvalue weighted by Crippen LogP contribution is -2.56. The van der Waals surface area contributed by atoms with Gasteiger partial charge in [0.2, 0.25) is 0 Å². The van der Waals surface area contributed by atoms with Crippen LogP contribution < -0.4 is 10.6 Å². The van der Waals surface area contributed by atoms with Gasteiger partial charge < -0.3 is 15.2 Å². The van der Waals surface area contributed by atoms with Crippen molar-refractivity contribution in [2.45, 2.75) is 57.5 Å². The van der Waals surface area contributed by atoms with Crippen LogP contribution in [-0.4, -0.2) is 41.8 Å². The van der Waals surface area contributed by atoms with Crippen LogP contribution in [0.15, 0.2) is 0 Å². The SMILES string of the molecule is CCNC(=O)NC(=O)COC(=O)CC12C[C@H]3C[C@@H](CC(O)(C3)C1)C2. The molecule has 134 valence electrons. The molecule has 4 bridgehead atoms. The molecule has 3 N–H and O–H groups in total. The van der Waals surface area contributed by atoms with E-state index in [4.69, 9.17) is 4.74 Å². The van der Waals surface area contributed by atoms with Gasteiger partial charge in [-0.25, -0.2) is 4.79 Å². The first kappa shape index (κ1) is 17.2. The van der Waals surface area contributed by atoms with Crippen molar-refractivity contribution < 1.29 is 24.2 Å². The smallest absolute Gasteiger partial charge is 0.321 e. The molecule has 0 spiro atoms. The lowest BCUT2D eigenvalue weighted by atomic mass is 9.47. The number of nitrogens with one attached hydrogen (secondary N) is 2. The van der Waals surface area contributed by atoms with Gasteiger partial charge in [-0.05, 0) is 62.7 Å². The molecular weight excluding hydrogens is 312 g/mol. The van der Waals surface area contributed by atoms with E-state index in [2.05, 4.69) is 10.6 Å². The van der Waals surface area contributed by atoms with E-state index in [0.29, 0.717) is 24.8 Å². The van der Waals surface area contributed by atoms with Gasteiger partial charge in [-0.1, -0.05) is 0 Å². The molecule has 0 heterocycles. The molecule has 4 saturated carbocycles. The molecule has 2 atom stereocenters. The summed E-state index contributed by atoms with van der Waals surface area (Å²) in [6.45, 7) is 1.69. The van der Waals surface area contributed by atoms with Crippen LogP contribution in [0.1, 0.15) is 51.9 Å². The third kappa shape index (κ3) is 3.71. The zero-order valence-electron chi connectivity index (χ0n) is 14.1. The van der Waals surface area contributed by atoms with Crippen LogP contribution in [0.3, 0.4) is 0 Å². The van der Waals surface area contributed by atoms with Gasteiger partial charge in [0.15, 0.2) is 6.61 Å². The molecule has 0 aromatic rings. The summed E-state index contributed by atoms with van der Waals surface area (Å²) in [5.41, 5.74) is -0.786. The fraction of sp³-hybridized carbons (Fsp3) is 0.824. The van der Waals surface area contributed by atoms with E-state index < -0.39 is 30.1 Å². The first-order valence-electron chi connectivity index (χ1n) is 8.77. The van der Waals surface area contributed by atoms with Crippen LogP contribution in [0.5, 0.6) is 0 Å². The zero-order chi connectivity index (χ0) is 17.4. The van der Waals surface area contributed by atoms with E-state index in [9.17, 15) is 19.5 Å². The van der Waals surface area contributed by atoms with Gasteiger partial charge in [0.1, 0.15) is 0 Å². The number of carbonyl (C=O) groups excluding carboxylic acids is 3. The molecular formula is C17H26N2O5. The van der Waals surface area contributed by atoms with Crippen LogP contribution >= 0.6 is 0 Å². The Labute approximate surface area is 141 Å². The summed E-state index contributed by atoms with van der Waals surface area (Å²) in [6.07, 6.45) is 5.71. The normalized spacial score (nSPS) is 36.2. The Kier molecular flexibility index (Phi) is 4.55. The Balaban J connectivity index is 1.49. The van der Waals surface area contributed by atoms with Crippen molar-refractivity contribution in [1.82, 2.24) is 10.6 Å². The van der Waals surface area contributed by atoms with E-state index in [0.717, 1.165) is 32.1 Å². The summed E-state index contributed by atoms with van der Waals surface area (Å²) in [5.74, 6) is -0.0554. The lowest BCUT2D eigenvalue weighted by Gasteiger charge is -2.60. The van der Waals surface area contributed by atoms with Crippen molar-refractivity contribution in [3.8, 4) is 0 Å². The molecule has 24 heavy (non-hydrogen) atoms. The Morgan fingerprint density at radius 3 is 2.42 bits per heavy atom. The molecule has 0 aromatic heterocycles. The van der Waals surface area contributed by atoms with Crippen LogP contribution in [0.2, 0.25) is 0 Å². The number of urea groups is 1. The van der Waals surface area contributed by atoms with Gasteiger partial charge in [-0.15, -0.1) is 0 Å². The van der Waals surface area contributed by atoms with E-state index in [1.165, 1.54) is 0 Å². The van der Waals surface area contributed by atoms with E-state index in [-0.39, 0.29) is 11.8 Å². The lowest BCUT2D eigenvalue weighted by molar-refractivity contribution is -0.177. The van der Waals surface area contributed by atoms with Gasteiger partial charge >= 0.3 is 12.0 Å². The summed E-state index contributed by atoms with van der Waals surface area (Å²) in [7, 11) is 0. The second kappa shape index (κ2) is 6.35. The monoisotopic (exact) mass is 338 g/mol. The minimum atomic E-state index is -0.640. The quantitative estimate of drug-likeness (QED) is 0.651. The summed E-state index contributed by atoms with van der Waals surface area (Å²) in [5, 5.41) is 15.2. The summed E-state index contributed by atoms with van der Waals surface area (Å²) >= 11 is 0. The highest BCUT2D eigenvalue weighted by Crippen LogP contribution is 2.62. The van der Waals surface area contributed by atoms with Gasteiger partial charge in [0, 0.05) is 6.54 Å². The molecule has 4 fully saturated rings. The standard InChI is InChI=1S/C17H26N2O5/c1-2-18-15(22)19-13(20)9-24-14(21)8-16-4-11-3-12(5-16)7-17(23,6-11)10-16/h11-12,23H,2-10H2,1H3,(H2,18,19,20,22)/t11-,12-,16?,17?/m1/s1. The number of imide groups is 1. The molecule has 0 radical (unpaired) electrons. The highest BCUT2D eigenvalue weighted by molar-refractivity contribution is 5.95. The first-order valence-corrected chi connectivity index (χ1v) is 8.77. The summed E-state index contributed by atoms with van der Waals surface area (Å²) in [6, 6.07) is -0.596. The Hall–Kier alpha value is -1.63. The molecule has 3 amide bonds. The van der Waals surface area contributed by atoms with Crippen molar-refractivity contribution in [1.29, 1.82) is 0 Å². The average molecular weight is 338 g/mol. The zero-order valence-corrected chi connectivity index (χ0v) is 14.1. The second-order valence-corrected chi connectivity index (χ2v) is 7.93. The highest BCUT2D eigenvalue weighted by atomic mass is 16.5. The van der Waals surface area contributed by atoms with Gasteiger partial charge in [0.05, 0.1) is 12.0 Å². The molecule has 4 aliphatic carbocycles. The van der Waals surface area contributed by atoms with Crippen molar-refractivity contribution in [3.05, 3.63) is 0 Å². The van der Waals surface area contributed by atoms with Crippen LogP contribution in [-0.2, 0) is 14.3 Å². The molecule has 7 nitrogen and oxygen atoms in total. The molecule has 4 rings (SSSR count). The second-order valence-electron chi connectivity index (χ2n) is 7.93. The van der Waals surface area contributed by atoms with Crippen molar-refractivity contribution in [2.24, 2.45) is 17.3 Å². The fourth-order valence-corrected chi connectivity index (χ4v) is 5.48. The van der Waals surface area contributed by atoms with E-state index in [1.54, 1.807) is 6.92 Å². The molecule has 0 saturated heterocycles. The van der Waals surface area contributed by atoms with Crippen molar-refractivity contribution in [3.63, 3.8) is 0 Å². The van der Waals surface area contributed by atoms with Crippen LogP contribution in [0.4, 0.5) is 4.79 Å². The van der Waals surface area contributed by atoms with Crippen LogP contribution in [0, 0.1) is 17.3 Å². The summed E-state index contributed by atoms with van der Waals surface area (Å²) < 4.78 is 5.04. The predicted octanol–water partition coefficient (Wildman–Crippen LogP) is 1.10. The molecule has 0 aromatic carbocycles. The van der Waals surface area contributed by atoms with Gasteiger partial charge in [0.25, 0.3) is 5.91 Å². The van der Waals surface area contributed by atoms with Gasteiger partial charge in [-0.2, -0.15) is 0 Å². The Bertz CT molecular complexity index is 533. The molecule has 0 aliphatic heterocycles. The average Bonchev–Trinajstić information content (AvgIpc) is 2.42. The number of amides is 3. The number of rotatable bonds is 5. The van der Waals surface area contributed by atoms with E-state index >= 15 is 0 Å². The maximum Gasteiger partial charge on any atom is 0.321 e. The number of carbonyl (C=O) groups is 3. The fourth-order valence-electron chi connectivity index (χ4n) is 5.48. The number of aliphatic hydroxyl groups is 1. The Morgan fingerprint density at radius 2 is 1.83 bits per heavy atom. The minimum absolute atomic E-state index is 0.175. The number of hydrogen-bond donors (Lipinski definition) is 3. The largest absolute Gasteiger partial charge is 0.456 e. The maximum absolute atomic E-state index is 12.2. The molecule has 4 aliphatic rings. The highest BCUT2D eigenvalue weighted by Gasteiger charge is 2.57. The van der Waals surface area contributed by atoms with Crippen molar-refractivity contribution in [2.75, 3.05) is 13.2 Å². The summed E-state index contributed by atoms with van der Waals surface area (Å²) in [4.78, 5) is 34.9. The minimum Gasteiger partial charge on any atom is -0.456 e. The Morgan fingerprint density at radius 1 is 1.17 bits per heavy atom. The topological polar surface area (TPSA) is 105 Å². The molecule has 0 unspecified atom stereocenters. The number of esters is 1. The third-order valence-electron chi connectivity index (χ3n) is 5.63.